The molecule has 0 saturated carbocycles. The largest absolute Gasteiger partial charge is 0.485 e. The van der Waals surface area contributed by atoms with Gasteiger partial charge in [-0.2, -0.15) is 0 Å². The summed E-state index contributed by atoms with van der Waals surface area (Å²) in [7, 11) is 0. The van der Waals surface area contributed by atoms with Crippen LogP contribution in [-0.2, 0) is 6.42 Å². The molecule has 3 aromatic rings. The first-order valence-corrected chi connectivity index (χ1v) is 9.87. The lowest BCUT2D eigenvalue weighted by Crippen LogP contribution is -2.19. The fourth-order valence-corrected chi connectivity index (χ4v) is 3.78. The summed E-state index contributed by atoms with van der Waals surface area (Å²) in [4.78, 5) is 25.1. The van der Waals surface area contributed by atoms with Crippen LogP contribution in [0.25, 0.3) is 28.0 Å². The molecule has 1 aliphatic heterocycles. The van der Waals surface area contributed by atoms with Gasteiger partial charge in [0.15, 0.2) is 16.6 Å². The van der Waals surface area contributed by atoms with Crippen molar-refractivity contribution in [2.45, 2.75) is 59.0 Å². The quantitative estimate of drug-likeness (QED) is 0.465. The molecule has 1 atom stereocenters. The Kier molecular flexibility index (Phi) is 4.84. The van der Waals surface area contributed by atoms with Crippen molar-refractivity contribution in [3.8, 4) is 5.75 Å². The molecule has 1 unspecified atom stereocenters. The van der Waals surface area contributed by atoms with Crippen molar-refractivity contribution in [1.82, 2.24) is 0 Å². The van der Waals surface area contributed by atoms with Crippen molar-refractivity contribution in [1.29, 1.82) is 0 Å². The Labute approximate surface area is 162 Å². The first-order valence-electron chi connectivity index (χ1n) is 9.87. The third-order valence-corrected chi connectivity index (χ3v) is 5.17. The normalized spacial score (nSPS) is 15.8. The Morgan fingerprint density at radius 2 is 1.93 bits per heavy atom. The summed E-state index contributed by atoms with van der Waals surface area (Å²) < 4.78 is 17.6. The number of unbranched alkanes of at least 4 members (excludes halogenated alkanes) is 1. The molecule has 5 nitrogen and oxygen atoms in total. The highest BCUT2D eigenvalue weighted by atomic mass is 16.5. The van der Waals surface area contributed by atoms with Gasteiger partial charge in [0.25, 0.3) is 0 Å². The van der Waals surface area contributed by atoms with Crippen LogP contribution in [0.2, 0.25) is 0 Å². The molecule has 3 heterocycles. The topological polar surface area (TPSA) is 69.7 Å². The van der Waals surface area contributed by atoms with Gasteiger partial charge in [-0.15, -0.1) is 0 Å². The minimum absolute atomic E-state index is 0.0633. The molecule has 0 bridgehead atoms. The lowest BCUT2D eigenvalue weighted by Gasteiger charge is -2.24. The van der Waals surface area contributed by atoms with Crippen LogP contribution in [0.1, 0.15) is 56.2 Å². The van der Waals surface area contributed by atoms with Crippen LogP contribution in [0.4, 0.5) is 0 Å². The monoisotopic (exact) mass is 379 g/mol. The summed E-state index contributed by atoms with van der Waals surface area (Å²) in [5, 5.41) is 0.949. The Morgan fingerprint density at radius 3 is 2.68 bits per heavy atom. The maximum Gasteiger partial charge on any atom is 0.344 e. The van der Waals surface area contributed by atoms with Gasteiger partial charge in [-0.1, -0.05) is 26.7 Å². The molecule has 2 aromatic heterocycles. The molecule has 0 saturated heterocycles. The van der Waals surface area contributed by atoms with Gasteiger partial charge in [0.1, 0.15) is 17.2 Å². The molecule has 1 aromatic carbocycles. The SMILES string of the molecule is CCCCC1C=Cc2c(c3c(CCC)[c]c(=O)oc3c3c(=O)c(C)coc23)O1. The van der Waals surface area contributed by atoms with E-state index in [1.54, 1.807) is 6.92 Å². The number of hydrogen-bond donors (Lipinski definition) is 0. The van der Waals surface area contributed by atoms with Crippen molar-refractivity contribution >= 4 is 28.0 Å². The zero-order valence-corrected chi connectivity index (χ0v) is 16.4. The molecule has 1 radical (unpaired) electrons. The minimum Gasteiger partial charge on any atom is -0.485 e. The van der Waals surface area contributed by atoms with Gasteiger partial charge in [0.05, 0.1) is 23.3 Å². The predicted molar refractivity (Wildman–Crippen MR) is 109 cm³/mol. The second-order valence-corrected chi connectivity index (χ2v) is 7.30. The average molecular weight is 379 g/mol. The number of ether oxygens (including phenoxy) is 1. The van der Waals surface area contributed by atoms with Crippen molar-refractivity contribution in [3.05, 3.63) is 55.7 Å². The molecule has 0 spiro atoms. The molecule has 1 aliphatic rings. The van der Waals surface area contributed by atoms with E-state index in [0.29, 0.717) is 34.3 Å². The summed E-state index contributed by atoms with van der Waals surface area (Å²) in [5.74, 6) is 0.613. The molecule has 28 heavy (non-hydrogen) atoms. The summed E-state index contributed by atoms with van der Waals surface area (Å²) in [6, 6.07) is 2.80. The first kappa shape index (κ1) is 18.5. The smallest absolute Gasteiger partial charge is 0.344 e. The number of aryl methyl sites for hydroxylation is 2. The fraction of sp³-hybridized carbons (Fsp3) is 0.391. The summed E-state index contributed by atoms with van der Waals surface area (Å²) in [5.41, 5.74) is 1.73. The molecule has 0 aliphatic carbocycles. The second-order valence-electron chi connectivity index (χ2n) is 7.30. The summed E-state index contributed by atoms with van der Waals surface area (Å²) in [6.07, 6.45) is 9.84. The van der Waals surface area contributed by atoms with Crippen LogP contribution in [0.5, 0.6) is 5.75 Å². The van der Waals surface area contributed by atoms with Crippen molar-refractivity contribution in [2.24, 2.45) is 0 Å². The molecule has 5 heteroatoms. The van der Waals surface area contributed by atoms with E-state index in [-0.39, 0.29) is 22.5 Å². The van der Waals surface area contributed by atoms with Gasteiger partial charge in [0, 0.05) is 5.56 Å². The fourth-order valence-electron chi connectivity index (χ4n) is 3.78. The van der Waals surface area contributed by atoms with Gasteiger partial charge < -0.3 is 13.6 Å². The first-order chi connectivity index (χ1) is 13.5. The average Bonchev–Trinajstić information content (AvgIpc) is 2.68. The van der Waals surface area contributed by atoms with E-state index in [0.717, 1.165) is 31.2 Å². The predicted octanol–water partition coefficient (Wildman–Crippen LogP) is 4.92. The minimum atomic E-state index is -0.591. The van der Waals surface area contributed by atoms with Crippen LogP contribution in [0.15, 0.2) is 30.8 Å². The van der Waals surface area contributed by atoms with Gasteiger partial charge in [-0.3, -0.25) is 4.79 Å². The van der Waals surface area contributed by atoms with E-state index >= 15 is 0 Å². The summed E-state index contributed by atoms with van der Waals surface area (Å²) >= 11 is 0. The highest BCUT2D eigenvalue weighted by Gasteiger charge is 2.27. The number of rotatable bonds is 5. The Bertz CT molecular complexity index is 1200. The highest BCUT2D eigenvalue weighted by molar-refractivity contribution is 6.10. The van der Waals surface area contributed by atoms with Gasteiger partial charge >= 0.3 is 5.63 Å². The lowest BCUT2D eigenvalue weighted by atomic mass is 9.96. The van der Waals surface area contributed by atoms with Crippen LogP contribution in [-0.4, -0.2) is 6.10 Å². The van der Waals surface area contributed by atoms with Crippen LogP contribution in [0, 0.1) is 13.0 Å². The third kappa shape index (κ3) is 2.95. The zero-order valence-electron chi connectivity index (χ0n) is 16.4. The van der Waals surface area contributed by atoms with Crippen LogP contribution >= 0.6 is 0 Å². The Hall–Kier alpha value is -2.82. The maximum atomic E-state index is 12.9. The molecule has 0 amide bonds. The second kappa shape index (κ2) is 7.30. The van der Waals surface area contributed by atoms with E-state index < -0.39 is 5.63 Å². The third-order valence-electron chi connectivity index (χ3n) is 5.17. The van der Waals surface area contributed by atoms with E-state index in [2.05, 4.69) is 13.0 Å². The van der Waals surface area contributed by atoms with Gasteiger partial charge in [-0.05, 0) is 43.9 Å². The molecule has 0 fully saturated rings. The molecular weight excluding hydrogens is 356 g/mol. The van der Waals surface area contributed by atoms with Crippen LogP contribution < -0.4 is 15.8 Å². The van der Waals surface area contributed by atoms with Gasteiger partial charge in [0.2, 0.25) is 0 Å². The maximum absolute atomic E-state index is 12.9. The van der Waals surface area contributed by atoms with E-state index in [1.165, 1.54) is 6.26 Å². The molecular formula is C23H23O5. The van der Waals surface area contributed by atoms with E-state index in [9.17, 15) is 9.59 Å². The zero-order chi connectivity index (χ0) is 19.8. The van der Waals surface area contributed by atoms with Crippen molar-refractivity contribution in [3.63, 3.8) is 0 Å². The number of hydrogen-bond acceptors (Lipinski definition) is 5. The standard InChI is InChI=1S/C23H23O5/c1-4-6-8-15-9-10-16-21-19(20(25)13(3)12-26-21)23-18(22(16)27-15)14(7-5-2)11-17(24)28-23/h9-10,12,15H,4-8H2,1-3H3. The number of benzene rings is 1. The van der Waals surface area contributed by atoms with Crippen LogP contribution in [0.3, 0.4) is 0 Å². The summed E-state index contributed by atoms with van der Waals surface area (Å²) in [6.45, 7) is 5.86. The van der Waals surface area contributed by atoms with Crippen molar-refractivity contribution in [2.75, 3.05) is 0 Å². The lowest BCUT2D eigenvalue weighted by molar-refractivity contribution is 0.234. The molecule has 145 valence electrons. The van der Waals surface area contributed by atoms with Crippen molar-refractivity contribution < 1.29 is 13.6 Å². The molecule has 0 N–H and O–H groups in total. The highest BCUT2D eigenvalue weighted by Crippen LogP contribution is 2.42. The van der Waals surface area contributed by atoms with E-state index in [4.69, 9.17) is 13.6 Å². The molecule has 4 rings (SSSR count). The van der Waals surface area contributed by atoms with E-state index in [1.807, 2.05) is 19.1 Å². The van der Waals surface area contributed by atoms with Gasteiger partial charge in [-0.25, -0.2) is 4.79 Å². The number of fused-ring (bicyclic) bond motifs is 6. The Morgan fingerprint density at radius 1 is 1.11 bits per heavy atom. The Balaban J connectivity index is 2.13.